The molecule has 116 valence electrons. The molecule has 1 heterocycles. The van der Waals surface area contributed by atoms with Crippen molar-refractivity contribution in [2.75, 3.05) is 18.5 Å². The Morgan fingerprint density at radius 2 is 1.95 bits per heavy atom. The summed E-state index contributed by atoms with van der Waals surface area (Å²) in [5.41, 5.74) is 2.35. The highest BCUT2D eigenvalue weighted by atomic mass is 16.5. The number of hydrogen-bond donors (Lipinski definition) is 1. The molecule has 0 saturated carbocycles. The molecule has 1 atom stereocenters. The van der Waals surface area contributed by atoms with Gasteiger partial charge in [0.2, 0.25) is 0 Å². The third-order valence-electron chi connectivity index (χ3n) is 3.85. The first kappa shape index (κ1) is 14.8. The lowest BCUT2D eigenvalue weighted by molar-refractivity contribution is 0.206. The summed E-state index contributed by atoms with van der Waals surface area (Å²) in [5.74, 6) is 1.89. The summed E-state index contributed by atoms with van der Waals surface area (Å²) in [4.78, 5) is 0. The third-order valence-corrected chi connectivity index (χ3v) is 3.85. The molecule has 3 rings (SSSR count). The minimum absolute atomic E-state index is 0.168. The van der Waals surface area contributed by atoms with Crippen LogP contribution in [0.15, 0.2) is 48.5 Å². The van der Waals surface area contributed by atoms with Gasteiger partial charge in [-0.25, -0.2) is 0 Å². The molecule has 22 heavy (non-hydrogen) atoms. The van der Waals surface area contributed by atoms with Gasteiger partial charge >= 0.3 is 0 Å². The molecule has 1 unspecified atom stereocenters. The normalized spacial score (nSPS) is 16.3. The number of unbranched alkanes of at least 4 members (excludes halogenated alkanes) is 1. The molecule has 0 radical (unpaired) electrons. The quantitative estimate of drug-likeness (QED) is 0.807. The molecule has 2 aromatic carbocycles. The summed E-state index contributed by atoms with van der Waals surface area (Å²) in [6.45, 7) is 3.80. The van der Waals surface area contributed by atoms with Gasteiger partial charge in [-0.1, -0.05) is 37.6 Å². The molecule has 0 saturated heterocycles. The minimum Gasteiger partial charge on any atom is -0.494 e. The van der Waals surface area contributed by atoms with Gasteiger partial charge in [-0.3, -0.25) is 0 Å². The number of hydrogen-bond acceptors (Lipinski definition) is 3. The summed E-state index contributed by atoms with van der Waals surface area (Å²) in [7, 11) is 0. The minimum atomic E-state index is 0.168. The van der Waals surface area contributed by atoms with E-state index in [9.17, 15) is 0 Å². The molecular formula is C19H23NO2. The molecule has 0 aromatic heterocycles. The van der Waals surface area contributed by atoms with Crippen molar-refractivity contribution in [3.8, 4) is 11.5 Å². The highest BCUT2D eigenvalue weighted by Gasteiger charge is 2.18. The Balaban J connectivity index is 1.55. The van der Waals surface area contributed by atoms with Gasteiger partial charge in [0.25, 0.3) is 0 Å². The Labute approximate surface area is 132 Å². The number of rotatable bonds is 6. The van der Waals surface area contributed by atoms with Crippen LogP contribution in [0, 0.1) is 0 Å². The van der Waals surface area contributed by atoms with Crippen LogP contribution < -0.4 is 14.8 Å². The number of nitrogens with one attached hydrogen (secondary N) is 1. The Hall–Kier alpha value is -2.16. The van der Waals surface area contributed by atoms with Gasteiger partial charge in [-0.2, -0.15) is 0 Å². The lowest BCUT2D eigenvalue weighted by atomic mass is 10.1. The van der Waals surface area contributed by atoms with Crippen LogP contribution in [0.5, 0.6) is 11.5 Å². The Morgan fingerprint density at radius 1 is 1.14 bits per heavy atom. The maximum Gasteiger partial charge on any atom is 0.142 e. The second-order valence-corrected chi connectivity index (χ2v) is 5.67. The van der Waals surface area contributed by atoms with Crippen LogP contribution in [0.1, 0.15) is 25.3 Å². The first-order chi connectivity index (χ1) is 10.8. The zero-order chi connectivity index (χ0) is 15.2. The number of para-hydroxylation sites is 2. The van der Waals surface area contributed by atoms with E-state index in [2.05, 4.69) is 36.5 Å². The summed E-state index contributed by atoms with van der Waals surface area (Å²) in [6, 6.07) is 16.5. The molecule has 1 aliphatic heterocycles. The van der Waals surface area contributed by atoms with Gasteiger partial charge in [0.05, 0.1) is 18.8 Å². The van der Waals surface area contributed by atoms with Crippen molar-refractivity contribution in [1.29, 1.82) is 0 Å². The topological polar surface area (TPSA) is 30.5 Å². The third kappa shape index (κ3) is 3.73. The molecule has 2 aromatic rings. The van der Waals surface area contributed by atoms with Crippen LogP contribution in [-0.2, 0) is 6.42 Å². The van der Waals surface area contributed by atoms with E-state index in [1.54, 1.807) is 0 Å². The summed E-state index contributed by atoms with van der Waals surface area (Å²) in [6.07, 6.45) is 3.33. The fraction of sp³-hybridized carbons (Fsp3) is 0.368. The van der Waals surface area contributed by atoms with Crippen molar-refractivity contribution in [2.45, 2.75) is 32.3 Å². The summed E-state index contributed by atoms with van der Waals surface area (Å²) < 4.78 is 11.7. The molecular weight excluding hydrogens is 274 g/mol. The fourth-order valence-corrected chi connectivity index (χ4v) is 2.59. The van der Waals surface area contributed by atoms with E-state index in [0.29, 0.717) is 0 Å². The number of ether oxygens (including phenoxy) is 2. The van der Waals surface area contributed by atoms with Crippen LogP contribution in [0.4, 0.5) is 5.69 Å². The van der Waals surface area contributed by atoms with Crippen LogP contribution >= 0.6 is 0 Å². The summed E-state index contributed by atoms with van der Waals surface area (Å²) in [5, 5.41) is 3.43. The van der Waals surface area contributed by atoms with Gasteiger partial charge in [0.1, 0.15) is 17.6 Å². The van der Waals surface area contributed by atoms with E-state index in [4.69, 9.17) is 9.47 Å². The van der Waals surface area contributed by atoms with E-state index in [-0.39, 0.29) is 6.10 Å². The second-order valence-electron chi connectivity index (χ2n) is 5.67. The maximum atomic E-state index is 6.05. The fourth-order valence-electron chi connectivity index (χ4n) is 2.59. The zero-order valence-electron chi connectivity index (χ0n) is 13.0. The second kappa shape index (κ2) is 7.21. The Bertz CT molecular complexity index is 595. The van der Waals surface area contributed by atoms with Crippen molar-refractivity contribution in [1.82, 2.24) is 0 Å². The largest absolute Gasteiger partial charge is 0.494 e. The maximum absolute atomic E-state index is 6.05. The first-order valence-electron chi connectivity index (χ1n) is 8.06. The predicted octanol–water partition coefficient (Wildman–Crippen LogP) is 4.28. The average molecular weight is 297 g/mol. The van der Waals surface area contributed by atoms with Crippen molar-refractivity contribution in [3.05, 3.63) is 54.1 Å². The molecule has 0 amide bonds. The molecule has 0 aliphatic carbocycles. The van der Waals surface area contributed by atoms with Gasteiger partial charge < -0.3 is 14.8 Å². The van der Waals surface area contributed by atoms with Gasteiger partial charge in [0.15, 0.2) is 0 Å². The monoisotopic (exact) mass is 297 g/mol. The molecule has 3 nitrogen and oxygen atoms in total. The van der Waals surface area contributed by atoms with E-state index in [0.717, 1.165) is 49.6 Å². The Morgan fingerprint density at radius 3 is 2.77 bits per heavy atom. The van der Waals surface area contributed by atoms with Gasteiger partial charge in [-0.15, -0.1) is 0 Å². The van der Waals surface area contributed by atoms with E-state index in [1.165, 1.54) is 5.56 Å². The lowest BCUT2D eigenvalue weighted by Gasteiger charge is -2.27. The van der Waals surface area contributed by atoms with Crippen LogP contribution in [0.3, 0.4) is 0 Å². The lowest BCUT2D eigenvalue weighted by Crippen LogP contribution is -2.32. The molecule has 3 heteroatoms. The summed E-state index contributed by atoms with van der Waals surface area (Å²) >= 11 is 0. The smallest absolute Gasteiger partial charge is 0.142 e. The SMILES string of the molecule is CCCCOc1ccc(CC2CNc3ccccc3O2)cc1. The van der Waals surface area contributed by atoms with Crippen LogP contribution in [0.2, 0.25) is 0 Å². The molecule has 0 bridgehead atoms. The highest BCUT2D eigenvalue weighted by Crippen LogP contribution is 2.29. The van der Waals surface area contributed by atoms with E-state index in [1.807, 2.05) is 24.3 Å². The van der Waals surface area contributed by atoms with E-state index >= 15 is 0 Å². The molecule has 0 spiro atoms. The molecule has 1 N–H and O–H groups in total. The highest BCUT2D eigenvalue weighted by molar-refractivity contribution is 5.57. The van der Waals surface area contributed by atoms with Crippen molar-refractivity contribution in [2.24, 2.45) is 0 Å². The van der Waals surface area contributed by atoms with Crippen molar-refractivity contribution >= 4 is 5.69 Å². The number of anilines is 1. The van der Waals surface area contributed by atoms with Gasteiger partial charge in [0, 0.05) is 6.42 Å². The zero-order valence-corrected chi connectivity index (χ0v) is 13.0. The first-order valence-corrected chi connectivity index (χ1v) is 8.06. The van der Waals surface area contributed by atoms with Crippen LogP contribution in [-0.4, -0.2) is 19.3 Å². The number of fused-ring (bicyclic) bond motifs is 1. The standard InChI is InChI=1S/C19H23NO2/c1-2-3-12-21-16-10-8-15(9-11-16)13-17-14-20-18-6-4-5-7-19(18)22-17/h4-11,17,20H,2-3,12-14H2,1H3. The van der Waals surface area contributed by atoms with Crippen molar-refractivity contribution in [3.63, 3.8) is 0 Å². The van der Waals surface area contributed by atoms with Crippen molar-refractivity contribution < 1.29 is 9.47 Å². The van der Waals surface area contributed by atoms with Crippen LogP contribution in [0.25, 0.3) is 0 Å². The molecule has 1 aliphatic rings. The molecule has 0 fully saturated rings. The predicted molar refractivity (Wildman–Crippen MR) is 89.9 cm³/mol. The number of benzene rings is 2. The average Bonchev–Trinajstić information content (AvgIpc) is 2.57. The van der Waals surface area contributed by atoms with E-state index < -0.39 is 0 Å². The Kier molecular flexibility index (Phi) is 4.84. The van der Waals surface area contributed by atoms with Gasteiger partial charge in [-0.05, 0) is 36.2 Å².